The lowest BCUT2D eigenvalue weighted by atomic mass is 9.75. The minimum atomic E-state index is -0.996. The zero-order valence-electron chi connectivity index (χ0n) is 21.4. The Hall–Kier alpha value is -3.77. The average molecular weight is 537 g/mol. The Kier molecular flexibility index (Phi) is 10.8. The van der Waals surface area contributed by atoms with Gasteiger partial charge in [0.05, 0.1) is 18.1 Å². The second-order valence-electron chi connectivity index (χ2n) is 8.35. The van der Waals surface area contributed by atoms with Gasteiger partial charge in [-0.2, -0.15) is 5.26 Å². The molecule has 0 aliphatic carbocycles. The molecule has 1 aliphatic heterocycles. The highest BCUT2D eigenvalue weighted by Crippen LogP contribution is 2.42. The lowest BCUT2D eigenvalue weighted by Gasteiger charge is -2.33. The number of nitriles is 1. The van der Waals surface area contributed by atoms with Crippen LogP contribution in [0.15, 0.2) is 76.9 Å². The molecule has 3 rings (SSSR count). The molecule has 0 N–H and O–H groups in total. The molecule has 8 nitrogen and oxygen atoms in total. The molecule has 198 valence electrons. The summed E-state index contributed by atoms with van der Waals surface area (Å²) in [6.07, 6.45) is 2.60. The van der Waals surface area contributed by atoms with Crippen molar-refractivity contribution in [3.05, 3.63) is 88.1 Å². The average Bonchev–Trinajstić information content (AvgIpc) is 2.92. The fraction of sp³-hybridized carbons (Fsp3) is 0.310. The van der Waals surface area contributed by atoms with E-state index in [1.54, 1.807) is 37.3 Å². The van der Waals surface area contributed by atoms with Gasteiger partial charge < -0.3 is 18.9 Å². The monoisotopic (exact) mass is 536 g/mol. The van der Waals surface area contributed by atoms with E-state index in [1.807, 2.05) is 42.5 Å². The SMILES string of the molecule is COC(OC)C1=C(C(=O)OCC=Cc2ccccc2)C(c2cccc(Cl)c2)C(C(=O)OCCC#N)C(C)=N1. The Balaban J connectivity index is 2.05. The first-order chi connectivity index (χ1) is 18.4. The Morgan fingerprint density at radius 3 is 2.50 bits per heavy atom. The van der Waals surface area contributed by atoms with E-state index in [4.69, 9.17) is 35.8 Å². The molecule has 0 radical (unpaired) electrons. The zero-order valence-corrected chi connectivity index (χ0v) is 22.2. The van der Waals surface area contributed by atoms with E-state index < -0.39 is 30.1 Å². The molecule has 0 aromatic heterocycles. The molecular formula is C29H29ClN2O6. The van der Waals surface area contributed by atoms with Crippen LogP contribution in [0.1, 0.15) is 30.4 Å². The largest absolute Gasteiger partial charge is 0.464 e. The third-order valence-electron chi connectivity index (χ3n) is 5.88. The molecule has 38 heavy (non-hydrogen) atoms. The van der Waals surface area contributed by atoms with Crippen molar-refractivity contribution in [2.24, 2.45) is 10.9 Å². The van der Waals surface area contributed by atoms with Crippen molar-refractivity contribution in [2.75, 3.05) is 27.4 Å². The Bertz CT molecular complexity index is 1260. The van der Waals surface area contributed by atoms with Gasteiger partial charge in [0.1, 0.15) is 24.8 Å². The van der Waals surface area contributed by atoms with Crippen LogP contribution < -0.4 is 0 Å². The van der Waals surface area contributed by atoms with Crippen LogP contribution in [-0.4, -0.2) is 51.4 Å². The lowest BCUT2D eigenvalue weighted by Crippen LogP contribution is -2.39. The number of hydrogen-bond donors (Lipinski definition) is 0. The normalized spacial score (nSPS) is 17.3. The van der Waals surface area contributed by atoms with Gasteiger partial charge in [0.2, 0.25) is 6.29 Å². The number of halogens is 1. The number of aliphatic imine (C=N–C) groups is 1. The fourth-order valence-electron chi connectivity index (χ4n) is 4.22. The predicted molar refractivity (Wildman–Crippen MR) is 143 cm³/mol. The van der Waals surface area contributed by atoms with Crippen molar-refractivity contribution in [1.29, 1.82) is 5.26 Å². The van der Waals surface area contributed by atoms with E-state index in [0.717, 1.165) is 5.56 Å². The lowest BCUT2D eigenvalue weighted by molar-refractivity contribution is -0.146. The molecule has 0 bridgehead atoms. The summed E-state index contributed by atoms with van der Waals surface area (Å²) < 4.78 is 21.9. The summed E-state index contributed by atoms with van der Waals surface area (Å²) >= 11 is 6.30. The molecule has 0 saturated carbocycles. The number of rotatable bonds is 11. The summed E-state index contributed by atoms with van der Waals surface area (Å²) in [7, 11) is 2.85. The topological polar surface area (TPSA) is 107 Å². The molecule has 0 amide bonds. The summed E-state index contributed by atoms with van der Waals surface area (Å²) in [5.74, 6) is -3.12. The van der Waals surface area contributed by atoms with E-state index in [1.165, 1.54) is 14.2 Å². The van der Waals surface area contributed by atoms with Gasteiger partial charge in [0.25, 0.3) is 0 Å². The Morgan fingerprint density at radius 2 is 1.84 bits per heavy atom. The molecule has 2 aromatic carbocycles. The van der Waals surface area contributed by atoms with Crippen molar-refractivity contribution >= 4 is 35.3 Å². The zero-order chi connectivity index (χ0) is 27.5. The van der Waals surface area contributed by atoms with E-state index in [2.05, 4.69) is 4.99 Å². The van der Waals surface area contributed by atoms with Crippen LogP contribution in [0.4, 0.5) is 0 Å². The standard InChI is InChI=1S/C29H29ClN2O6/c1-19-23(27(33)38-17-9-15-31)24(21-13-7-14-22(30)18-21)25(26(32-19)29(35-2)36-3)28(34)37-16-8-12-20-10-5-4-6-11-20/h4-8,10-14,18,23-24,29H,9,16-17H2,1-3H3. The minimum absolute atomic E-state index is 0.0165. The van der Waals surface area contributed by atoms with Gasteiger partial charge in [-0.25, -0.2) is 4.79 Å². The number of ether oxygens (including phenoxy) is 4. The summed E-state index contributed by atoms with van der Waals surface area (Å²) in [4.78, 5) is 31.5. The van der Waals surface area contributed by atoms with Crippen molar-refractivity contribution in [2.45, 2.75) is 25.6 Å². The summed E-state index contributed by atoms with van der Waals surface area (Å²) in [5, 5.41) is 9.29. The third kappa shape index (κ3) is 7.17. The van der Waals surface area contributed by atoms with Gasteiger partial charge in [0.15, 0.2) is 0 Å². The predicted octanol–water partition coefficient (Wildman–Crippen LogP) is 5.10. The van der Waals surface area contributed by atoms with Crippen molar-refractivity contribution < 1.29 is 28.5 Å². The second kappa shape index (κ2) is 14.2. The maximum atomic E-state index is 13.6. The molecule has 2 unspecified atom stereocenters. The van der Waals surface area contributed by atoms with E-state index in [9.17, 15) is 9.59 Å². The molecule has 1 aliphatic rings. The third-order valence-corrected chi connectivity index (χ3v) is 6.11. The molecule has 2 atom stereocenters. The van der Waals surface area contributed by atoms with Crippen LogP contribution >= 0.6 is 11.6 Å². The number of hydrogen-bond acceptors (Lipinski definition) is 8. The minimum Gasteiger partial charge on any atom is -0.464 e. The number of carbonyl (C=O) groups is 2. The highest BCUT2D eigenvalue weighted by atomic mass is 35.5. The molecule has 2 aromatic rings. The first-order valence-corrected chi connectivity index (χ1v) is 12.3. The molecule has 1 heterocycles. The highest BCUT2D eigenvalue weighted by Gasteiger charge is 2.44. The first-order valence-electron chi connectivity index (χ1n) is 11.9. The fourth-order valence-corrected chi connectivity index (χ4v) is 4.42. The maximum Gasteiger partial charge on any atom is 0.337 e. The summed E-state index contributed by atoms with van der Waals surface area (Å²) in [5.41, 5.74) is 2.23. The second-order valence-corrected chi connectivity index (χ2v) is 8.79. The van der Waals surface area contributed by atoms with E-state index in [0.29, 0.717) is 16.3 Å². The Morgan fingerprint density at radius 1 is 1.11 bits per heavy atom. The quantitative estimate of drug-likeness (QED) is 0.223. The van der Waals surface area contributed by atoms with Crippen molar-refractivity contribution in [1.82, 2.24) is 0 Å². The maximum absolute atomic E-state index is 13.6. The summed E-state index contributed by atoms with van der Waals surface area (Å²) in [6, 6.07) is 18.4. The van der Waals surface area contributed by atoms with Gasteiger partial charge in [-0.3, -0.25) is 9.79 Å². The van der Waals surface area contributed by atoms with Crippen molar-refractivity contribution in [3.63, 3.8) is 0 Å². The Labute approximate surface area is 227 Å². The van der Waals surface area contributed by atoms with Crippen LogP contribution in [0.5, 0.6) is 0 Å². The van der Waals surface area contributed by atoms with Gasteiger partial charge in [-0.1, -0.05) is 60.1 Å². The number of esters is 2. The van der Waals surface area contributed by atoms with Crippen LogP contribution in [0, 0.1) is 17.2 Å². The number of benzene rings is 2. The molecule has 0 spiro atoms. The molecular weight excluding hydrogens is 508 g/mol. The van der Waals surface area contributed by atoms with Crippen LogP contribution in [0.25, 0.3) is 6.08 Å². The highest BCUT2D eigenvalue weighted by molar-refractivity contribution is 6.30. The van der Waals surface area contributed by atoms with Crippen LogP contribution in [0.2, 0.25) is 5.02 Å². The van der Waals surface area contributed by atoms with Crippen LogP contribution in [0.3, 0.4) is 0 Å². The summed E-state index contributed by atoms with van der Waals surface area (Å²) in [6.45, 7) is 1.57. The van der Waals surface area contributed by atoms with Gasteiger partial charge in [0, 0.05) is 30.9 Å². The molecule has 9 heteroatoms. The van der Waals surface area contributed by atoms with E-state index in [-0.39, 0.29) is 30.9 Å². The molecule has 0 fully saturated rings. The smallest absolute Gasteiger partial charge is 0.337 e. The van der Waals surface area contributed by atoms with Gasteiger partial charge in [-0.15, -0.1) is 0 Å². The number of carbonyl (C=O) groups excluding carboxylic acids is 2. The van der Waals surface area contributed by atoms with E-state index >= 15 is 0 Å². The van der Waals surface area contributed by atoms with Gasteiger partial charge >= 0.3 is 11.9 Å². The molecule has 0 saturated heterocycles. The number of nitrogens with zero attached hydrogens (tertiary/aromatic N) is 2. The first kappa shape index (κ1) is 28.8. The van der Waals surface area contributed by atoms with Gasteiger partial charge in [-0.05, 0) is 36.3 Å². The van der Waals surface area contributed by atoms with Crippen molar-refractivity contribution in [3.8, 4) is 6.07 Å². The van der Waals surface area contributed by atoms with Crippen LogP contribution in [-0.2, 0) is 28.5 Å². The number of methoxy groups -OCH3 is 2.